The maximum atomic E-state index is 12.1. The SMILES string of the molecule is C[C@@H]1CCC/C=C/C=C/[C@H](O)C[C@@H](O)C/C=C/C=C/[C@@H](O[C@H]2O[C@@H](CO)[C@H](O)[C@@H](O)[C@@H]2O)C/C=C/C=CC(=O)O1. The van der Waals surface area contributed by atoms with Crippen LogP contribution in [-0.2, 0) is 19.0 Å². The minimum Gasteiger partial charge on any atom is -0.460 e. The number of aliphatic hydroxyl groups is 6. The largest absolute Gasteiger partial charge is 0.460 e. The van der Waals surface area contributed by atoms with Crippen LogP contribution in [0.5, 0.6) is 0 Å². The zero-order valence-electron chi connectivity index (χ0n) is 22.9. The Balaban J connectivity index is 2.12. The van der Waals surface area contributed by atoms with E-state index in [9.17, 15) is 35.4 Å². The second-order valence-electron chi connectivity index (χ2n) is 9.89. The van der Waals surface area contributed by atoms with Gasteiger partial charge in [0, 0.05) is 12.5 Å². The van der Waals surface area contributed by atoms with Crippen LogP contribution in [0.2, 0.25) is 0 Å². The number of hydrogen-bond donors (Lipinski definition) is 6. The Labute approximate surface area is 235 Å². The molecule has 9 atom stereocenters. The molecule has 0 amide bonds. The molecular formula is C30H44O10. The summed E-state index contributed by atoms with van der Waals surface area (Å²) < 4.78 is 16.7. The number of carbonyl (C=O) groups is 1. The maximum absolute atomic E-state index is 12.1. The Kier molecular flexibility index (Phi) is 15.9. The molecule has 0 bridgehead atoms. The zero-order valence-corrected chi connectivity index (χ0v) is 22.9. The highest BCUT2D eigenvalue weighted by molar-refractivity contribution is 5.82. The van der Waals surface area contributed by atoms with Crippen LogP contribution in [0, 0.1) is 0 Å². The molecule has 0 aromatic rings. The fourth-order valence-corrected chi connectivity index (χ4v) is 4.10. The van der Waals surface area contributed by atoms with Gasteiger partial charge >= 0.3 is 5.97 Å². The first-order valence-electron chi connectivity index (χ1n) is 13.7. The molecule has 1 fully saturated rings. The van der Waals surface area contributed by atoms with Gasteiger partial charge in [0.05, 0.1) is 31.0 Å². The van der Waals surface area contributed by atoms with Gasteiger partial charge in [-0.25, -0.2) is 4.79 Å². The predicted octanol–water partition coefficient (Wildman–Crippen LogP) is 1.52. The topological polar surface area (TPSA) is 166 Å². The third-order valence-electron chi connectivity index (χ3n) is 6.38. The van der Waals surface area contributed by atoms with E-state index in [0.717, 1.165) is 12.8 Å². The summed E-state index contributed by atoms with van der Waals surface area (Å²) in [6.07, 6.45) is 13.9. The highest BCUT2D eigenvalue weighted by Crippen LogP contribution is 2.24. The van der Waals surface area contributed by atoms with Crippen LogP contribution in [0.15, 0.2) is 72.9 Å². The molecule has 6 N–H and O–H groups in total. The molecule has 0 radical (unpaired) electrons. The summed E-state index contributed by atoms with van der Waals surface area (Å²) in [5, 5.41) is 60.2. The Morgan fingerprint density at radius 1 is 0.875 bits per heavy atom. The van der Waals surface area contributed by atoms with Crippen molar-refractivity contribution in [1.29, 1.82) is 0 Å². The van der Waals surface area contributed by atoms with Crippen molar-refractivity contribution in [2.45, 2.75) is 101 Å². The van der Waals surface area contributed by atoms with Crippen LogP contribution in [0.3, 0.4) is 0 Å². The predicted molar refractivity (Wildman–Crippen MR) is 149 cm³/mol. The third kappa shape index (κ3) is 12.8. The molecule has 10 nitrogen and oxygen atoms in total. The third-order valence-corrected chi connectivity index (χ3v) is 6.38. The van der Waals surface area contributed by atoms with Crippen molar-refractivity contribution in [1.82, 2.24) is 0 Å². The summed E-state index contributed by atoms with van der Waals surface area (Å²) in [6, 6.07) is 0. The second-order valence-corrected chi connectivity index (χ2v) is 9.89. The standard InChI is InChI=1S/C30H44O10/c1-21-13-7-3-2-4-8-14-22(32)19-23(33)15-9-5-10-16-24(17-11-6-12-18-26(34)38-21)39-30-29(37)28(36)27(35)25(20-31)40-30/h2,4-6,8-12,14,16,18,21-25,27-33,35-37H,3,7,13,15,17,19-20H2,1H3/b4-2+,9-5+,11-6+,14-8+,16-10+,18-12?/t21-,22+,23+,24-,25+,27+,28-,29+,30+/m1/s1. The van der Waals surface area contributed by atoms with Gasteiger partial charge in [-0.3, -0.25) is 0 Å². The van der Waals surface area contributed by atoms with E-state index in [-0.39, 0.29) is 12.5 Å². The van der Waals surface area contributed by atoms with Crippen LogP contribution < -0.4 is 0 Å². The number of cyclic esters (lactones) is 1. The number of ether oxygens (including phenoxy) is 3. The highest BCUT2D eigenvalue weighted by atomic mass is 16.7. The van der Waals surface area contributed by atoms with Crippen molar-refractivity contribution in [3.05, 3.63) is 72.9 Å². The Bertz CT molecular complexity index is 906. The lowest BCUT2D eigenvalue weighted by atomic mass is 9.99. The number of allylic oxidation sites excluding steroid dienone is 7. The van der Waals surface area contributed by atoms with E-state index in [1.807, 2.05) is 19.1 Å². The van der Waals surface area contributed by atoms with Crippen molar-refractivity contribution in [2.24, 2.45) is 0 Å². The molecule has 224 valence electrons. The molecule has 0 saturated carbocycles. The maximum Gasteiger partial charge on any atom is 0.331 e. The molecule has 1 saturated heterocycles. The first-order chi connectivity index (χ1) is 19.2. The quantitative estimate of drug-likeness (QED) is 0.277. The van der Waals surface area contributed by atoms with Gasteiger partial charge in [-0.05, 0) is 39.0 Å². The fourth-order valence-electron chi connectivity index (χ4n) is 4.10. The van der Waals surface area contributed by atoms with E-state index in [2.05, 4.69) is 0 Å². The monoisotopic (exact) mass is 564 g/mol. The van der Waals surface area contributed by atoms with Gasteiger partial charge < -0.3 is 44.8 Å². The van der Waals surface area contributed by atoms with Crippen molar-refractivity contribution in [2.75, 3.05) is 6.61 Å². The van der Waals surface area contributed by atoms with Gasteiger partial charge in [-0.15, -0.1) is 0 Å². The average Bonchev–Trinajstić information content (AvgIpc) is 2.91. The molecule has 0 aromatic carbocycles. The van der Waals surface area contributed by atoms with Gasteiger partial charge in [0.2, 0.25) is 0 Å². The summed E-state index contributed by atoms with van der Waals surface area (Å²) in [5.41, 5.74) is 0. The van der Waals surface area contributed by atoms with Crippen LogP contribution in [0.1, 0.15) is 45.4 Å². The zero-order chi connectivity index (χ0) is 29.3. The molecule has 0 unspecified atom stereocenters. The summed E-state index contributed by atoms with van der Waals surface area (Å²) >= 11 is 0. The fraction of sp³-hybridized carbons (Fsp3) is 0.567. The second kappa shape index (κ2) is 18.8. The minimum atomic E-state index is -1.57. The molecular weight excluding hydrogens is 520 g/mol. The summed E-state index contributed by atoms with van der Waals surface area (Å²) in [4.78, 5) is 12.1. The first-order valence-corrected chi connectivity index (χ1v) is 13.7. The van der Waals surface area contributed by atoms with Crippen molar-refractivity contribution >= 4 is 5.97 Å². The van der Waals surface area contributed by atoms with Crippen molar-refractivity contribution in [3.63, 3.8) is 0 Å². The summed E-state index contributed by atoms with van der Waals surface area (Å²) in [5.74, 6) is -0.458. The molecule has 0 aromatic heterocycles. The normalized spacial score (nSPS) is 39.8. The van der Waals surface area contributed by atoms with E-state index in [4.69, 9.17) is 14.2 Å². The van der Waals surface area contributed by atoms with Crippen LogP contribution in [0.4, 0.5) is 0 Å². The number of esters is 1. The smallest absolute Gasteiger partial charge is 0.331 e. The molecule has 10 heteroatoms. The van der Waals surface area contributed by atoms with Gasteiger partial charge in [-0.1, -0.05) is 66.8 Å². The van der Waals surface area contributed by atoms with Gasteiger partial charge in [-0.2, -0.15) is 0 Å². The number of aliphatic hydroxyl groups excluding tert-OH is 6. The molecule has 2 heterocycles. The van der Waals surface area contributed by atoms with Crippen LogP contribution in [0.25, 0.3) is 0 Å². The lowest BCUT2D eigenvalue weighted by Crippen LogP contribution is -2.59. The van der Waals surface area contributed by atoms with E-state index < -0.39 is 61.6 Å². The molecule has 40 heavy (non-hydrogen) atoms. The Morgan fingerprint density at radius 2 is 1.57 bits per heavy atom. The van der Waals surface area contributed by atoms with E-state index in [1.54, 1.807) is 54.7 Å². The molecule has 0 aliphatic carbocycles. The van der Waals surface area contributed by atoms with Crippen LogP contribution >= 0.6 is 0 Å². The van der Waals surface area contributed by atoms with Gasteiger partial charge in [0.1, 0.15) is 24.4 Å². The van der Waals surface area contributed by atoms with Crippen molar-refractivity contribution < 1.29 is 49.6 Å². The first kappa shape index (κ1) is 33.8. The number of rotatable bonds is 3. The van der Waals surface area contributed by atoms with Crippen LogP contribution in [-0.4, -0.2) is 98.3 Å². The average molecular weight is 565 g/mol. The molecule has 2 rings (SSSR count). The van der Waals surface area contributed by atoms with E-state index in [1.165, 1.54) is 6.08 Å². The minimum absolute atomic E-state index is 0.183. The lowest BCUT2D eigenvalue weighted by molar-refractivity contribution is -0.307. The van der Waals surface area contributed by atoms with Crippen molar-refractivity contribution in [3.8, 4) is 0 Å². The Morgan fingerprint density at radius 3 is 2.35 bits per heavy atom. The number of hydrogen-bond acceptors (Lipinski definition) is 10. The lowest BCUT2D eigenvalue weighted by Gasteiger charge is -2.40. The number of carbonyl (C=O) groups excluding carboxylic acids is 1. The Hall–Kier alpha value is -2.41. The van der Waals surface area contributed by atoms with Gasteiger partial charge in [0.25, 0.3) is 0 Å². The van der Waals surface area contributed by atoms with E-state index in [0.29, 0.717) is 19.3 Å². The summed E-state index contributed by atoms with van der Waals surface area (Å²) in [7, 11) is 0. The highest BCUT2D eigenvalue weighted by Gasteiger charge is 2.44. The molecule has 2 aliphatic heterocycles. The molecule has 2 aliphatic rings. The van der Waals surface area contributed by atoms with Gasteiger partial charge in [0.15, 0.2) is 6.29 Å². The van der Waals surface area contributed by atoms with E-state index >= 15 is 0 Å². The molecule has 0 spiro atoms. The summed E-state index contributed by atoms with van der Waals surface area (Å²) in [6.45, 7) is 1.26.